The van der Waals surface area contributed by atoms with Crippen LogP contribution in [-0.2, 0) is 20.2 Å². The van der Waals surface area contributed by atoms with Crippen molar-refractivity contribution in [3.8, 4) is 11.5 Å². The minimum atomic E-state index is -5.78. The Kier molecular flexibility index (Phi) is 6.40. The fourth-order valence-electron chi connectivity index (χ4n) is 4.07. The van der Waals surface area contributed by atoms with Crippen LogP contribution in [0.1, 0.15) is 24.0 Å². The number of hydrogen-bond acceptors (Lipinski definition) is 6. The van der Waals surface area contributed by atoms with Gasteiger partial charge in [-0.05, 0) is 59.4 Å². The van der Waals surface area contributed by atoms with Gasteiger partial charge in [-0.3, -0.25) is 0 Å². The smallest absolute Gasteiger partial charge is 0.376 e. The standard InChI is InChI=1S/C22H16F6O6S2/c23-21(24,25)35(29,30)33-17-7-3-13(4-8-17)19-12-16-2-1-15(19)11-20(16)14-5-9-18(10-6-14)34-36(31,32)22(26,27)28/h3-12,15-16H,1-2H2. The number of halogens is 6. The monoisotopic (exact) mass is 554 g/mol. The third kappa shape index (κ3) is 5.09. The van der Waals surface area contributed by atoms with E-state index in [0.29, 0.717) is 11.1 Å². The molecule has 2 aromatic rings. The summed E-state index contributed by atoms with van der Waals surface area (Å²) in [5.41, 5.74) is -7.99. The molecule has 0 aromatic heterocycles. The first kappa shape index (κ1) is 26.1. The molecule has 0 saturated heterocycles. The second-order valence-electron chi connectivity index (χ2n) is 8.05. The van der Waals surface area contributed by atoms with Gasteiger partial charge in [0.25, 0.3) is 0 Å². The highest BCUT2D eigenvalue weighted by Gasteiger charge is 2.49. The summed E-state index contributed by atoms with van der Waals surface area (Å²) in [4.78, 5) is 0. The summed E-state index contributed by atoms with van der Waals surface area (Å²) < 4.78 is 128. The van der Waals surface area contributed by atoms with E-state index < -0.39 is 42.8 Å². The molecule has 6 nitrogen and oxygen atoms in total. The molecule has 2 atom stereocenters. The molecule has 0 amide bonds. The number of rotatable bonds is 6. The molecule has 5 rings (SSSR count). The van der Waals surface area contributed by atoms with Crippen molar-refractivity contribution in [2.75, 3.05) is 0 Å². The van der Waals surface area contributed by atoms with Gasteiger partial charge in [-0.25, -0.2) is 0 Å². The Bertz CT molecular complexity index is 1310. The van der Waals surface area contributed by atoms with Crippen LogP contribution in [-0.4, -0.2) is 27.9 Å². The highest BCUT2D eigenvalue weighted by atomic mass is 32.2. The van der Waals surface area contributed by atoms with Gasteiger partial charge in [0.2, 0.25) is 0 Å². The zero-order valence-corrected chi connectivity index (χ0v) is 19.5. The van der Waals surface area contributed by atoms with Crippen molar-refractivity contribution in [1.29, 1.82) is 0 Å². The van der Waals surface area contributed by atoms with Crippen LogP contribution >= 0.6 is 0 Å². The number of allylic oxidation sites excluding steroid dienone is 4. The minimum Gasteiger partial charge on any atom is -0.376 e. The van der Waals surface area contributed by atoms with Gasteiger partial charge in [-0.2, -0.15) is 43.2 Å². The maximum Gasteiger partial charge on any atom is 0.534 e. The molecule has 14 heteroatoms. The van der Waals surface area contributed by atoms with Gasteiger partial charge in [-0.15, -0.1) is 0 Å². The molecule has 36 heavy (non-hydrogen) atoms. The van der Waals surface area contributed by atoms with Crippen molar-refractivity contribution < 1.29 is 51.5 Å². The summed E-state index contributed by atoms with van der Waals surface area (Å²) in [5.74, 6) is -1.11. The summed E-state index contributed by atoms with van der Waals surface area (Å²) >= 11 is 0. The Balaban J connectivity index is 1.50. The van der Waals surface area contributed by atoms with Crippen molar-refractivity contribution in [3.63, 3.8) is 0 Å². The van der Waals surface area contributed by atoms with E-state index in [1.807, 2.05) is 12.2 Å². The second-order valence-corrected chi connectivity index (χ2v) is 11.1. The van der Waals surface area contributed by atoms with E-state index in [2.05, 4.69) is 8.37 Å². The Morgan fingerprint density at radius 2 is 0.889 bits per heavy atom. The van der Waals surface area contributed by atoms with Crippen LogP contribution in [0.3, 0.4) is 0 Å². The van der Waals surface area contributed by atoms with Crippen LogP contribution in [0.2, 0.25) is 0 Å². The minimum absolute atomic E-state index is 0.0720. The van der Waals surface area contributed by atoms with E-state index in [-0.39, 0.29) is 11.8 Å². The van der Waals surface area contributed by atoms with Crippen LogP contribution in [0.25, 0.3) is 11.1 Å². The van der Waals surface area contributed by atoms with Gasteiger partial charge in [0, 0.05) is 11.8 Å². The third-order valence-corrected chi connectivity index (χ3v) is 7.66. The van der Waals surface area contributed by atoms with E-state index >= 15 is 0 Å². The maximum atomic E-state index is 12.5. The molecule has 0 radical (unpaired) electrons. The number of alkyl halides is 6. The molecule has 3 aliphatic carbocycles. The maximum absolute atomic E-state index is 12.5. The Morgan fingerprint density at radius 1 is 0.583 bits per heavy atom. The van der Waals surface area contributed by atoms with E-state index in [9.17, 15) is 43.2 Å². The van der Waals surface area contributed by atoms with Gasteiger partial charge in [0.05, 0.1) is 0 Å². The molecule has 0 saturated carbocycles. The Labute approximate surface area is 202 Å². The zero-order chi connectivity index (χ0) is 26.5. The number of fused-ring (bicyclic) bond motifs is 1. The average Bonchev–Trinajstić information content (AvgIpc) is 2.78. The molecule has 0 spiro atoms. The Hall–Kier alpha value is -3.00. The Morgan fingerprint density at radius 3 is 1.14 bits per heavy atom. The van der Waals surface area contributed by atoms with E-state index in [1.54, 1.807) is 0 Å². The van der Waals surface area contributed by atoms with E-state index in [0.717, 1.165) is 48.3 Å². The van der Waals surface area contributed by atoms with Crippen LogP contribution in [0, 0.1) is 11.8 Å². The lowest BCUT2D eigenvalue weighted by atomic mass is 9.69. The summed E-state index contributed by atoms with van der Waals surface area (Å²) in [6, 6.07) is 10.3. The van der Waals surface area contributed by atoms with Gasteiger partial charge in [0.15, 0.2) is 0 Å². The van der Waals surface area contributed by atoms with Gasteiger partial charge in [-0.1, -0.05) is 36.4 Å². The molecular weight excluding hydrogens is 538 g/mol. The lowest BCUT2D eigenvalue weighted by Crippen LogP contribution is -2.28. The lowest BCUT2D eigenvalue weighted by Gasteiger charge is -2.35. The first-order chi connectivity index (χ1) is 16.6. The molecule has 2 unspecified atom stereocenters. The zero-order valence-electron chi connectivity index (χ0n) is 17.9. The number of hydrogen-bond donors (Lipinski definition) is 0. The molecular formula is C22H16F6O6S2. The van der Waals surface area contributed by atoms with Gasteiger partial charge < -0.3 is 8.37 Å². The largest absolute Gasteiger partial charge is 0.534 e. The molecule has 2 bridgehead atoms. The summed E-state index contributed by atoms with van der Waals surface area (Å²) in [5, 5.41) is 0. The third-order valence-electron chi connectivity index (χ3n) is 5.70. The number of benzene rings is 2. The highest BCUT2D eigenvalue weighted by Crippen LogP contribution is 2.47. The van der Waals surface area contributed by atoms with Gasteiger partial charge in [0.1, 0.15) is 11.5 Å². The van der Waals surface area contributed by atoms with Gasteiger partial charge >= 0.3 is 31.3 Å². The van der Waals surface area contributed by atoms with E-state index in [1.165, 1.54) is 24.3 Å². The van der Waals surface area contributed by atoms with Crippen LogP contribution in [0.5, 0.6) is 11.5 Å². The van der Waals surface area contributed by atoms with Crippen molar-refractivity contribution in [2.45, 2.75) is 23.9 Å². The second kappa shape index (κ2) is 8.83. The first-order valence-corrected chi connectivity index (χ1v) is 13.0. The van der Waals surface area contributed by atoms with Crippen LogP contribution < -0.4 is 8.37 Å². The topological polar surface area (TPSA) is 86.7 Å². The first-order valence-electron chi connectivity index (χ1n) is 10.2. The molecule has 0 heterocycles. The predicted molar refractivity (Wildman–Crippen MR) is 116 cm³/mol. The van der Waals surface area contributed by atoms with Crippen molar-refractivity contribution in [2.24, 2.45) is 11.8 Å². The van der Waals surface area contributed by atoms with Crippen LogP contribution in [0.4, 0.5) is 26.3 Å². The molecule has 194 valence electrons. The predicted octanol–water partition coefficient (Wildman–Crippen LogP) is 5.65. The molecule has 0 fully saturated rings. The highest BCUT2D eigenvalue weighted by molar-refractivity contribution is 7.88. The quantitative estimate of drug-likeness (QED) is 0.261. The fraction of sp³-hybridized carbons (Fsp3) is 0.273. The fourth-order valence-corrected chi connectivity index (χ4v) is 4.99. The molecule has 0 aliphatic heterocycles. The average molecular weight is 554 g/mol. The molecule has 0 N–H and O–H groups in total. The van der Waals surface area contributed by atoms with Crippen molar-refractivity contribution in [1.82, 2.24) is 0 Å². The van der Waals surface area contributed by atoms with Crippen molar-refractivity contribution >= 4 is 31.4 Å². The van der Waals surface area contributed by atoms with Crippen LogP contribution in [0.15, 0.2) is 60.7 Å². The molecule has 3 aliphatic rings. The summed E-state index contributed by atoms with van der Waals surface area (Å²) in [7, 11) is -11.6. The normalized spacial score (nSPS) is 20.5. The summed E-state index contributed by atoms with van der Waals surface area (Å²) in [6.07, 6.45) is 5.46. The molecule has 2 aromatic carbocycles. The van der Waals surface area contributed by atoms with E-state index in [4.69, 9.17) is 0 Å². The lowest BCUT2D eigenvalue weighted by molar-refractivity contribution is -0.0504. The SMILES string of the molecule is O=S(=O)(Oc1ccc(C2=CC3CCC2C=C3c2ccc(OS(=O)(=O)C(F)(F)F)cc2)cc1)C(F)(F)F. The summed E-state index contributed by atoms with van der Waals surface area (Å²) in [6.45, 7) is 0. The van der Waals surface area contributed by atoms with Crippen molar-refractivity contribution in [3.05, 3.63) is 71.8 Å².